The standard InChI is InChI=1S/C7H12F2N2/c1-5(2)7(8,9)6-10-3-4-11-6/h5H,3-4H2,1-2H3,(H,10,11). The average Bonchev–Trinajstić information content (AvgIpc) is 2.37. The lowest BCUT2D eigenvalue weighted by Crippen LogP contribution is -2.41. The molecule has 4 heteroatoms. The molecule has 0 saturated heterocycles. The zero-order valence-corrected chi connectivity index (χ0v) is 6.69. The molecule has 0 aliphatic carbocycles. The summed E-state index contributed by atoms with van der Waals surface area (Å²) in [5.74, 6) is -3.62. The van der Waals surface area contributed by atoms with Crippen LogP contribution < -0.4 is 5.32 Å². The number of hydrogen-bond acceptors (Lipinski definition) is 2. The van der Waals surface area contributed by atoms with E-state index in [2.05, 4.69) is 10.3 Å². The quantitative estimate of drug-likeness (QED) is 0.649. The maximum Gasteiger partial charge on any atom is 0.306 e. The van der Waals surface area contributed by atoms with E-state index >= 15 is 0 Å². The van der Waals surface area contributed by atoms with E-state index in [9.17, 15) is 8.78 Å². The molecule has 0 bridgehead atoms. The Labute approximate surface area is 64.7 Å². The van der Waals surface area contributed by atoms with Gasteiger partial charge in [-0.2, -0.15) is 8.78 Å². The van der Waals surface area contributed by atoms with Crippen LogP contribution in [0, 0.1) is 5.92 Å². The first-order chi connectivity index (χ1) is 5.05. The van der Waals surface area contributed by atoms with Gasteiger partial charge in [-0.3, -0.25) is 4.99 Å². The van der Waals surface area contributed by atoms with Gasteiger partial charge in [-0.1, -0.05) is 13.8 Å². The molecule has 0 aromatic rings. The Bertz CT molecular complexity index is 175. The van der Waals surface area contributed by atoms with E-state index in [-0.39, 0.29) is 5.84 Å². The smallest absolute Gasteiger partial charge is 0.306 e. The lowest BCUT2D eigenvalue weighted by Gasteiger charge is -2.20. The van der Waals surface area contributed by atoms with E-state index in [1.807, 2.05) is 0 Å². The number of nitrogens with one attached hydrogen (secondary N) is 1. The Kier molecular flexibility index (Phi) is 2.11. The summed E-state index contributed by atoms with van der Waals surface area (Å²) < 4.78 is 26.1. The van der Waals surface area contributed by atoms with Crippen LogP contribution in [0.1, 0.15) is 13.8 Å². The van der Waals surface area contributed by atoms with Gasteiger partial charge in [0.15, 0.2) is 5.84 Å². The van der Waals surface area contributed by atoms with Crippen LogP contribution in [0.25, 0.3) is 0 Å². The number of rotatable bonds is 2. The van der Waals surface area contributed by atoms with Crippen LogP contribution in [-0.2, 0) is 0 Å². The van der Waals surface area contributed by atoms with E-state index in [1.54, 1.807) is 0 Å². The first-order valence-corrected chi connectivity index (χ1v) is 3.71. The topological polar surface area (TPSA) is 24.4 Å². The summed E-state index contributed by atoms with van der Waals surface area (Å²) in [6, 6.07) is 0. The van der Waals surface area contributed by atoms with Crippen molar-refractivity contribution in [1.82, 2.24) is 5.32 Å². The number of amidine groups is 1. The lowest BCUT2D eigenvalue weighted by atomic mass is 10.1. The second-order valence-electron chi connectivity index (χ2n) is 2.93. The molecule has 64 valence electrons. The lowest BCUT2D eigenvalue weighted by molar-refractivity contribution is 0.0253. The molecule has 1 aliphatic rings. The summed E-state index contributed by atoms with van der Waals surface area (Å²) in [6.45, 7) is 3.99. The molecule has 1 aliphatic heterocycles. The Hall–Kier alpha value is -0.670. The number of hydrogen-bond donors (Lipinski definition) is 1. The first-order valence-electron chi connectivity index (χ1n) is 3.71. The Morgan fingerprint density at radius 1 is 1.55 bits per heavy atom. The van der Waals surface area contributed by atoms with Gasteiger partial charge in [0.25, 0.3) is 0 Å². The van der Waals surface area contributed by atoms with Crippen molar-refractivity contribution in [3.05, 3.63) is 0 Å². The van der Waals surface area contributed by atoms with Gasteiger partial charge in [0.1, 0.15) is 0 Å². The molecule has 0 saturated carbocycles. The third-order valence-corrected chi connectivity index (χ3v) is 1.72. The summed E-state index contributed by atoms with van der Waals surface area (Å²) in [5.41, 5.74) is 0. The third-order valence-electron chi connectivity index (χ3n) is 1.72. The van der Waals surface area contributed by atoms with Gasteiger partial charge in [0, 0.05) is 12.5 Å². The minimum absolute atomic E-state index is 0.146. The van der Waals surface area contributed by atoms with Crippen molar-refractivity contribution in [3.8, 4) is 0 Å². The predicted octanol–water partition coefficient (Wildman–Crippen LogP) is 1.28. The minimum Gasteiger partial charge on any atom is -0.367 e. The molecule has 0 amide bonds. The van der Waals surface area contributed by atoms with Gasteiger partial charge in [-0.05, 0) is 0 Å². The van der Waals surface area contributed by atoms with Gasteiger partial charge in [-0.25, -0.2) is 0 Å². The summed E-state index contributed by atoms with van der Waals surface area (Å²) in [6.07, 6.45) is 0. The summed E-state index contributed by atoms with van der Waals surface area (Å²) >= 11 is 0. The van der Waals surface area contributed by atoms with E-state index in [4.69, 9.17) is 0 Å². The highest BCUT2D eigenvalue weighted by atomic mass is 19.3. The molecular weight excluding hydrogens is 150 g/mol. The normalized spacial score (nSPS) is 18.5. The molecule has 11 heavy (non-hydrogen) atoms. The van der Waals surface area contributed by atoms with Crippen molar-refractivity contribution in [3.63, 3.8) is 0 Å². The van der Waals surface area contributed by atoms with Crippen molar-refractivity contribution >= 4 is 5.84 Å². The summed E-state index contributed by atoms with van der Waals surface area (Å²) in [4.78, 5) is 3.68. The molecule has 1 heterocycles. The van der Waals surface area contributed by atoms with Crippen LogP contribution in [0.4, 0.5) is 8.78 Å². The molecule has 1 rings (SSSR count). The fourth-order valence-corrected chi connectivity index (χ4v) is 0.895. The van der Waals surface area contributed by atoms with Gasteiger partial charge >= 0.3 is 5.92 Å². The second-order valence-corrected chi connectivity index (χ2v) is 2.93. The van der Waals surface area contributed by atoms with Crippen LogP contribution >= 0.6 is 0 Å². The fraction of sp³-hybridized carbons (Fsp3) is 0.857. The zero-order valence-electron chi connectivity index (χ0n) is 6.69. The van der Waals surface area contributed by atoms with Gasteiger partial charge in [0.05, 0.1) is 6.54 Å². The van der Waals surface area contributed by atoms with Crippen molar-refractivity contribution in [2.75, 3.05) is 13.1 Å². The van der Waals surface area contributed by atoms with Gasteiger partial charge in [0.2, 0.25) is 0 Å². The average molecular weight is 162 g/mol. The van der Waals surface area contributed by atoms with Crippen LogP contribution in [0.3, 0.4) is 0 Å². The second kappa shape index (κ2) is 2.75. The maximum atomic E-state index is 13.1. The Morgan fingerprint density at radius 3 is 2.55 bits per heavy atom. The number of nitrogens with zero attached hydrogens (tertiary/aromatic N) is 1. The highest BCUT2D eigenvalue weighted by molar-refractivity contribution is 5.90. The molecule has 0 radical (unpaired) electrons. The molecule has 0 aromatic carbocycles. The maximum absolute atomic E-state index is 13.1. The fourth-order valence-electron chi connectivity index (χ4n) is 0.895. The summed E-state index contributed by atoms with van der Waals surface area (Å²) in [5, 5.41) is 2.58. The van der Waals surface area contributed by atoms with E-state index < -0.39 is 11.8 Å². The molecule has 1 N–H and O–H groups in total. The molecule has 0 aromatic heterocycles. The Morgan fingerprint density at radius 2 is 2.18 bits per heavy atom. The van der Waals surface area contributed by atoms with Crippen molar-refractivity contribution < 1.29 is 8.78 Å². The summed E-state index contributed by atoms with van der Waals surface area (Å²) in [7, 11) is 0. The van der Waals surface area contributed by atoms with E-state index in [1.165, 1.54) is 13.8 Å². The van der Waals surface area contributed by atoms with Gasteiger partial charge in [-0.15, -0.1) is 0 Å². The van der Waals surface area contributed by atoms with Crippen LogP contribution in [0.15, 0.2) is 4.99 Å². The number of halogens is 2. The monoisotopic (exact) mass is 162 g/mol. The largest absolute Gasteiger partial charge is 0.367 e. The van der Waals surface area contributed by atoms with Crippen molar-refractivity contribution in [2.45, 2.75) is 19.8 Å². The highest BCUT2D eigenvalue weighted by Crippen LogP contribution is 2.25. The van der Waals surface area contributed by atoms with E-state index in [0.29, 0.717) is 13.1 Å². The SMILES string of the molecule is CC(C)C(F)(F)C1=NCCN1. The van der Waals surface area contributed by atoms with Crippen LogP contribution in [0.5, 0.6) is 0 Å². The van der Waals surface area contributed by atoms with Crippen molar-refractivity contribution in [1.29, 1.82) is 0 Å². The molecular formula is C7H12F2N2. The molecule has 0 atom stereocenters. The van der Waals surface area contributed by atoms with E-state index in [0.717, 1.165) is 0 Å². The predicted molar refractivity (Wildman–Crippen MR) is 40.1 cm³/mol. The highest BCUT2D eigenvalue weighted by Gasteiger charge is 2.40. The number of alkyl halides is 2. The van der Waals surface area contributed by atoms with Crippen molar-refractivity contribution in [2.24, 2.45) is 10.9 Å². The first kappa shape index (κ1) is 8.43. The number of aliphatic imine (C=N–C) groups is 1. The molecule has 0 fully saturated rings. The Balaban J connectivity index is 2.70. The molecule has 0 unspecified atom stereocenters. The minimum atomic E-state index is -2.78. The third kappa shape index (κ3) is 1.49. The molecule has 0 spiro atoms. The zero-order chi connectivity index (χ0) is 8.48. The molecule has 2 nitrogen and oxygen atoms in total. The van der Waals surface area contributed by atoms with Crippen LogP contribution in [-0.4, -0.2) is 24.8 Å². The van der Waals surface area contributed by atoms with Crippen LogP contribution in [0.2, 0.25) is 0 Å². The van der Waals surface area contributed by atoms with Gasteiger partial charge < -0.3 is 5.32 Å².